The van der Waals surface area contributed by atoms with Crippen molar-refractivity contribution in [3.63, 3.8) is 0 Å². The Morgan fingerprint density at radius 1 is 1.00 bits per heavy atom. The highest BCUT2D eigenvalue weighted by molar-refractivity contribution is 5.78. The second kappa shape index (κ2) is 6.65. The molecule has 3 rings (SSSR count). The molecule has 22 heavy (non-hydrogen) atoms. The number of carbonyl (C=O) groups is 1. The summed E-state index contributed by atoms with van der Waals surface area (Å²) >= 11 is 0. The number of para-hydroxylation sites is 1. The first kappa shape index (κ1) is 14.6. The molecular formula is C19H21NO2. The van der Waals surface area contributed by atoms with E-state index in [1.165, 1.54) is 0 Å². The Morgan fingerprint density at radius 3 is 2.32 bits per heavy atom. The average Bonchev–Trinajstić information content (AvgIpc) is 3.09. The fraction of sp³-hybridized carbons (Fsp3) is 0.316. The van der Waals surface area contributed by atoms with Gasteiger partial charge in [-0.2, -0.15) is 0 Å². The zero-order valence-electron chi connectivity index (χ0n) is 12.6. The predicted octanol–water partition coefficient (Wildman–Crippen LogP) is 3.54. The highest BCUT2D eigenvalue weighted by Gasteiger charge is 2.25. The van der Waals surface area contributed by atoms with Gasteiger partial charge >= 0.3 is 0 Å². The fourth-order valence-corrected chi connectivity index (χ4v) is 3.15. The van der Waals surface area contributed by atoms with Crippen LogP contribution in [-0.2, 0) is 4.79 Å². The lowest BCUT2D eigenvalue weighted by Gasteiger charge is -2.22. The Balaban J connectivity index is 1.90. The molecule has 0 aromatic heterocycles. The molecule has 0 spiro atoms. The van der Waals surface area contributed by atoms with Gasteiger partial charge in [0.15, 0.2) is 0 Å². The topological polar surface area (TPSA) is 40.5 Å². The lowest BCUT2D eigenvalue weighted by Crippen LogP contribution is -2.29. The zero-order valence-corrected chi connectivity index (χ0v) is 12.6. The Hall–Kier alpha value is -2.29. The third-order valence-corrected chi connectivity index (χ3v) is 4.35. The first-order valence-electron chi connectivity index (χ1n) is 7.86. The third-order valence-electron chi connectivity index (χ3n) is 4.35. The first-order valence-corrected chi connectivity index (χ1v) is 7.86. The Morgan fingerprint density at radius 2 is 1.64 bits per heavy atom. The van der Waals surface area contributed by atoms with Crippen molar-refractivity contribution in [1.82, 2.24) is 4.90 Å². The minimum atomic E-state index is -0.101. The summed E-state index contributed by atoms with van der Waals surface area (Å²) in [5, 5.41) is 10.2. The smallest absolute Gasteiger partial charge is 0.223 e. The molecule has 3 heteroatoms. The molecule has 1 fully saturated rings. The van der Waals surface area contributed by atoms with E-state index >= 15 is 0 Å². The molecule has 0 saturated carbocycles. The van der Waals surface area contributed by atoms with E-state index in [0.29, 0.717) is 6.42 Å². The van der Waals surface area contributed by atoms with Crippen LogP contribution >= 0.6 is 0 Å². The summed E-state index contributed by atoms with van der Waals surface area (Å²) in [6.45, 7) is 1.72. The number of aromatic hydroxyl groups is 1. The minimum absolute atomic E-state index is 0.101. The van der Waals surface area contributed by atoms with Gasteiger partial charge in [-0.05, 0) is 24.5 Å². The molecule has 0 unspecified atom stereocenters. The van der Waals surface area contributed by atoms with Gasteiger partial charge in [0, 0.05) is 31.0 Å². The van der Waals surface area contributed by atoms with Gasteiger partial charge < -0.3 is 10.0 Å². The largest absolute Gasteiger partial charge is 0.508 e. The normalized spacial score (nSPS) is 15.7. The van der Waals surface area contributed by atoms with E-state index in [-0.39, 0.29) is 17.6 Å². The monoisotopic (exact) mass is 295 g/mol. The van der Waals surface area contributed by atoms with Crippen LogP contribution in [0.3, 0.4) is 0 Å². The highest BCUT2D eigenvalue weighted by Crippen LogP contribution is 2.34. The van der Waals surface area contributed by atoms with E-state index in [4.69, 9.17) is 0 Å². The van der Waals surface area contributed by atoms with Crippen LogP contribution in [-0.4, -0.2) is 29.0 Å². The van der Waals surface area contributed by atoms with Gasteiger partial charge in [-0.3, -0.25) is 4.79 Å². The Kier molecular flexibility index (Phi) is 4.42. The van der Waals surface area contributed by atoms with Crippen LogP contribution in [0.15, 0.2) is 54.6 Å². The van der Waals surface area contributed by atoms with Gasteiger partial charge in [0.25, 0.3) is 0 Å². The van der Waals surface area contributed by atoms with Gasteiger partial charge in [-0.15, -0.1) is 0 Å². The van der Waals surface area contributed by atoms with Crippen LogP contribution in [0.5, 0.6) is 5.75 Å². The van der Waals surface area contributed by atoms with E-state index in [1.807, 2.05) is 53.4 Å². The van der Waals surface area contributed by atoms with Crippen molar-refractivity contribution in [3.8, 4) is 5.75 Å². The number of phenolic OH excluding ortho intramolecular Hbond substituents is 1. The van der Waals surface area contributed by atoms with Crippen molar-refractivity contribution < 1.29 is 9.90 Å². The van der Waals surface area contributed by atoms with E-state index in [1.54, 1.807) is 6.07 Å². The number of benzene rings is 2. The second-order valence-electron chi connectivity index (χ2n) is 5.81. The maximum absolute atomic E-state index is 12.6. The summed E-state index contributed by atoms with van der Waals surface area (Å²) in [5.41, 5.74) is 1.89. The first-order chi connectivity index (χ1) is 10.8. The summed E-state index contributed by atoms with van der Waals surface area (Å²) < 4.78 is 0. The van der Waals surface area contributed by atoms with Crippen LogP contribution < -0.4 is 0 Å². The van der Waals surface area contributed by atoms with Crippen molar-refractivity contribution in [1.29, 1.82) is 0 Å². The van der Waals surface area contributed by atoms with E-state index in [9.17, 15) is 9.90 Å². The molecule has 1 amide bonds. The standard InChI is InChI=1S/C19H21NO2/c21-18-11-5-4-10-16(18)17(15-8-2-1-3-9-15)14-19(22)20-12-6-7-13-20/h1-5,8-11,17,21H,6-7,12-14H2/t17-/m1/s1. The lowest BCUT2D eigenvalue weighted by atomic mass is 9.87. The average molecular weight is 295 g/mol. The molecule has 2 aromatic rings. The molecule has 3 nitrogen and oxygen atoms in total. The molecule has 1 saturated heterocycles. The maximum atomic E-state index is 12.6. The zero-order chi connectivity index (χ0) is 15.4. The van der Waals surface area contributed by atoms with Crippen molar-refractivity contribution in [3.05, 3.63) is 65.7 Å². The van der Waals surface area contributed by atoms with Gasteiger partial charge in [0.05, 0.1) is 0 Å². The number of nitrogens with zero attached hydrogens (tertiary/aromatic N) is 1. The molecule has 0 bridgehead atoms. The van der Waals surface area contributed by atoms with Gasteiger partial charge in [0.1, 0.15) is 5.75 Å². The number of rotatable bonds is 4. The van der Waals surface area contributed by atoms with Crippen LogP contribution in [0.2, 0.25) is 0 Å². The predicted molar refractivity (Wildman–Crippen MR) is 86.8 cm³/mol. The number of hydrogen-bond acceptors (Lipinski definition) is 2. The summed E-state index contributed by atoms with van der Waals surface area (Å²) in [7, 11) is 0. The summed E-state index contributed by atoms with van der Waals surface area (Å²) in [6.07, 6.45) is 2.60. The van der Waals surface area contributed by atoms with Gasteiger partial charge in [0.2, 0.25) is 5.91 Å². The van der Waals surface area contributed by atoms with Gasteiger partial charge in [-0.1, -0.05) is 48.5 Å². The van der Waals surface area contributed by atoms with Crippen molar-refractivity contribution >= 4 is 5.91 Å². The molecule has 1 aliphatic heterocycles. The summed E-state index contributed by atoms with van der Waals surface area (Å²) in [6, 6.07) is 17.3. The molecule has 114 valence electrons. The number of likely N-dealkylation sites (tertiary alicyclic amines) is 1. The number of phenols is 1. The highest BCUT2D eigenvalue weighted by atomic mass is 16.3. The van der Waals surface area contributed by atoms with E-state index < -0.39 is 0 Å². The second-order valence-corrected chi connectivity index (χ2v) is 5.81. The summed E-state index contributed by atoms with van der Waals surface area (Å²) in [4.78, 5) is 14.5. The molecule has 1 N–H and O–H groups in total. The molecule has 1 aliphatic rings. The molecule has 0 aliphatic carbocycles. The molecule has 0 radical (unpaired) electrons. The third kappa shape index (κ3) is 3.14. The van der Waals surface area contributed by atoms with E-state index in [2.05, 4.69) is 0 Å². The van der Waals surface area contributed by atoms with Crippen LogP contribution in [0, 0.1) is 0 Å². The lowest BCUT2D eigenvalue weighted by molar-refractivity contribution is -0.130. The SMILES string of the molecule is O=C(C[C@H](c1ccccc1)c1ccccc1O)N1CCCC1. The number of carbonyl (C=O) groups excluding carboxylic acids is 1. The quantitative estimate of drug-likeness (QED) is 0.937. The van der Waals surface area contributed by atoms with Crippen molar-refractivity contribution in [2.75, 3.05) is 13.1 Å². The Bertz CT molecular complexity index is 633. The minimum Gasteiger partial charge on any atom is -0.508 e. The van der Waals surface area contributed by atoms with Crippen LogP contribution in [0.25, 0.3) is 0 Å². The van der Waals surface area contributed by atoms with E-state index in [0.717, 1.165) is 37.1 Å². The summed E-state index contributed by atoms with van der Waals surface area (Å²) in [5.74, 6) is 0.329. The van der Waals surface area contributed by atoms with Gasteiger partial charge in [-0.25, -0.2) is 0 Å². The molecular weight excluding hydrogens is 274 g/mol. The molecule has 1 atom stereocenters. The van der Waals surface area contributed by atoms with Crippen LogP contribution in [0.4, 0.5) is 0 Å². The van der Waals surface area contributed by atoms with Crippen LogP contribution in [0.1, 0.15) is 36.3 Å². The molecule has 2 aromatic carbocycles. The fourth-order valence-electron chi connectivity index (χ4n) is 3.15. The number of hydrogen-bond donors (Lipinski definition) is 1. The van der Waals surface area contributed by atoms with Crippen molar-refractivity contribution in [2.45, 2.75) is 25.2 Å². The Labute approximate surface area is 131 Å². The number of amides is 1. The molecule has 1 heterocycles. The van der Waals surface area contributed by atoms with Crippen molar-refractivity contribution in [2.24, 2.45) is 0 Å². The maximum Gasteiger partial charge on any atom is 0.223 e.